The predicted molar refractivity (Wildman–Crippen MR) is 129 cm³/mol. The molecule has 2 amide bonds. The summed E-state index contributed by atoms with van der Waals surface area (Å²) in [7, 11) is 0. The second kappa shape index (κ2) is 11.5. The van der Waals surface area contributed by atoms with E-state index in [1.807, 2.05) is 17.0 Å². The van der Waals surface area contributed by atoms with Crippen LogP contribution in [0.1, 0.15) is 88.9 Å². The van der Waals surface area contributed by atoms with Crippen molar-refractivity contribution in [1.29, 1.82) is 0 Å². The highest BCUT2D eigenvalue weighted by Crippen LogP contribution is 2.30. The van der Waals surface area contributed by atoms with E-state index in [0.29, 0.717) is 0 Å². The Balaban J connectivity index is 1.83. The molecule has 3 rings (SSSR count). The third-order valence-corrected chi connectivity index (χ3v) is 7.03. The van der Waals surface area contributed by atoms with Crippen molar-refractivity contribution < 1.29 is 9.59 Å². The maximum Gasteiger partial charge on any atom is 0.256 e. The van der Waals surface area contributed by atoms with Gasteiger partial charge in [0.25, 0.3) is 5.91 Å². The molecule has 0 spiro atoms. The summed E-state index contributed by atoms with van der Waals surface area (Å²) < 4.78 is 0. The van der Waals surface area contributed by atoms with Crippen LogP contribution in [0.5, 0.6) is 0 Å². The number of benzene rings is 1. The number of amides is 2. The second-order valence-electron chi connectivity index (χ2n) is 9.49. The van der Waals surface area contributed by atoms with Gasteiger partial charge in [-0.25, -0.2) is 0 Å². The summed E-state index contributed by atoms with van der Waals surface area (Å²) in [5.41, 5.74) is 2.52. The molecule has 2 fully saturated rings. The minimum Gasteiger partial charge on any atom is -0.371 e. The number of likely N-dealkylation sites (tertiary alicyclic amines) is 1. The maximum atomic E-state index is 13.5. The second-order valence-corrected chi connectivity index (χ2v) is 9.49. The molecule has 0 radical (unpaired) electrons. The van der Waals surface area contributed by atoms with Crippen molar-refractivity contribution in [1.82, 2.24) is 4.90 Å². The molecule has 1 aromatic rings. The van der Waals surface area contributed by atoms with Crippen molar-refractivity contribution in [2.24, 2.45) is 11.8 Å². The van der Waals surface area contributed by atoms with Gasteiger partial charge in [-0.1, -0.05) is 33.6 Å². The van der Waals surface area contributed by atoms with Gasteiger partial charge in [0.2, 0.25) is 5.91 Å². The van der Waals surface area contributed by atoms with Crippen molar-refractivity contribution in [3.05, 3.63) is 23.8 Å². The van der Waals surface area contributed by atoms with Crippen LogP contribution in [-0.4, -0.2) is 42.9 Å². The van der Waals surface area contributed by atoms with Gasteiger partial charge in [-0.05, 0) is 69.1 Å². The number of nitrogens with one attached hydrogen (secondary N) is 1. The average Bonchev–Trinajstić information content (AvgIpc) is 2.80. The number of rotatable bonds is 8. The van der Waals surface area contributed by atoms with Crippen LogP contribution in [0.15, 0.2) is 18.2 Å². The van der Waals surface area contributed by atoms with E-state index in [0.717, 1.165) is 100 Å². The minimum atomic E-state index is 0.0319. The summed E-state index contributed by atoms with van der Waals surface area (Å²) in [4.78, 5) is 30.7. The molecule has 0 saturated carbocycles. The molecule has 2 aliphatic heterocycles. The number of carbonyl (C=O) groups is 2. The zero-order valence-corrected chi connectivity index (χ0v) is 19.8. The zero-order chi connectivity index (χ0) is 22.2. The fourth-order valence-electron chi connectivity index (χ4n) is 4.79. The molecule has 5 heteroatoms. The summed E-state index contributed by atoms with van der Waals surface area (Å²) in [5.74, 6) is 0.962. The van der Waals surface area contributed by atoms with Gasteiger partial charge in [0.15, 0.2) is 0 Å². The Morgan fingerprint density at radius 3 is 2.42 bits per heavy atom. The molecule has 1 aromatic carbocycles. The highest BCUT2D eigenvalue weighted by molar-refractivity contribution is 6.02. The number of carbonyl (C=O) groups excluding carboxylic acids is 2. The number of hydrogen-bond acceptors (Lipinski definition) is 3. The number of hydrogen-bond donors (Lipinski definition) is 1. The van der Waals surface area contributed by atoms with E-state index >= 15 is 0 Å². The van der Waals surface area contributed by atoms with Gasteiger partial charge in [0.05, 0.1) is 5.56 Å². The van der Waals surface area contributed by atoms with E-state index in [2.05, 4.69) is 37.1 Å². The van der Waals surface area contributed by atoms with Crippen molar-refractivity contribution in [2.45, 2.75) is 78.6 Å². The number of anilines is 2. The molecular weight excluding hydrogens is 386 g/mol. The minimum absolute atomic E-state index is 0.0319. The quantitative estimate of drug-likeness (QED) is 0.579. The molecule has 2 heterocycles. The molecule has 31 heavy (non-hydrogen) atoms. The predicted octanol–water partition coefficient (Wildman–Crippen LogP) is 5.70. The lowest BCUT2D eigenvalue weighted by atomic mass is 9.97. The summed E-state index contributed by atoms with van der Waals surface area (Å²) >= 11 is 0. The van der Waals surface area contributed by atoms with Gasteiger partial charge in [0, 0.05) is 43.5 Å². The molecule has 172 valence electrons. The molecule has 0 aromatic heterocycles. The van der Waals surface area contributed by atoms with Crippen LogP contribution in [-0.2, 0) is 4.79 Å². The Kier molecular flexibility index (Phi) is 8.79. The van der Waals surface area contributed by atoms with Gasteiger partial charge in [0.1, 0.15) is 0 Å². The Morgan fingerprint density at radius 2 is 1.77 bits per heavy atom. The number of nitrogens with zero attached hydrogens (tertiary/aromatic N) is 2. The van der Waals surface area contributed by atoms with Crippen molar-refractivity contribution in [2.75, 3.05) is 36.4 Å². The molecule has 0 aliphatic carbocycles. The Bertz CT molecular complexity index is 734. The van der Waals surface area contributed by atoms with E-state index in [1.54, 1.807) is 0 Å². The van der Waals surface area contributed by atoms with Crippen LogP contribution >= 0.6 is 0 Å². The third kappa shape index (κ3) is 6.24. The fraction of sp³-hybridized carbons (Fsp3) is 0.692. The normalized spacial score (nSPS) is 18.7. The smallest absolute Gasteiger partial charge is 0.256 e. The van der Waals surface area contributed by atoms with Crippen LogP contribution in [0, 0.1) is 11.8 Å². The highest BCUT2D eigenvalue weighted by Gasteiger charge is 2.26. The van der Waals surface area contributed by atoms with Gasteiger partial charge in [-0.15, -0.1) is 0 Å². The highest BCUT2D eigenvalue weighted by atomic mass is 16.2. The lowest BCUT2D eigenvalue weighted by Crippen LogP contribution is -2.38. The lowest BCUT2D eigenvalue weighted by molar-refractivity contribution is -0.120. The lowest BCUT2D eigenvalue weighted by Gasteiger charge is -2.35. The fourth-order valence-corrected chi connectivity index (χ4v) is 4.79. The van der Waals surface area contributed by atoms with E-state index < -0.39 is 0 Å². The molecular formula is C26H41N3O2. The largest absolute Gasteiger partial charge is 0.371 e. The number of unbranched alkanes of at least 4 members (excludes halogenated alkanes) is 1. The summed E-state index contributed by atoms with van der Waals surface area (Å²) in [6.07, 6.45) is 9.60. The number of piperidine rings is 2. The van der Waals surface area contributed by atoms with Crippen molar-refractivity contribution in [3.63, 3.8) is 0 Å². The molecule has 1 atom stereocenters. The van der Waals surface area contributed by atoms with Crippen molar-refractivity contribution >= 4 is 23.2 Å². The van der Waals surface area contributed by atoms with E-state index in [4.69, 9.17) is 0 Å². The molecule has 0 unspecified atom stereocenters. The van der Waals surface area contributed by atoms with Crippen LogP contribution in [0.3, 0.4) is 0 Å². The van der Waals surface area contributed by atoms with Crippen LogP contribution in [0.25, 0.3) is 0 Å². The maximum absolute atomic E-state index is 13.5. The average molecular weight is 428 g/mol. The summed E-state index contributed by atoms with van der Waals surface area (Å²) in [5, 5.41) is 3.11. The third-order valence-electron chi connectivity index (χ3n) is 7.03. The molecule has 2 saturated heterocycles. The first-order chi connectivity index (χ1) is 15.0. The Hall–Kier alpha value is -2.04. The zero-order valence-electron chi connectivity index (χ0n) is 19.8. The first-order valence-electron chi connectivity index (χ1n) is 12.5. The van der Waals surface area contributed by atoms with E-state index in [1.165, 1.54) is 6.42 Å². The molecule has 0 bridgehead atoms. The monoisotopic (exact) mass is 427 g/mol. The SMILES string of the molecule is CCCC[C@@H](CC)C(=O)Nc1ccc(N2CCC(C)CC2)c(C(=O)N2CCCCC2)c1. The topological polar surface area (TPSA) is 52.7 Å². The standard InChI is InChI=1S/C26H41N3O2/c1-4-6-10-21(5-2)25(30)27-22-11-12-24(28-17-13-20(3)14-18-28)23(19-22)26(31)29-15-8-7-9-16-29/h11-12,19-21H,4-10,13-18H2,1-3H3,(H,27,30)/t21-/m1/s1. The van der Waals surface area contributed by atoms with Crippen molar-refractivity contribution in [3.8, 4) is 0 Å². The van der Waals surface area contributed by atoms with Crippen LogP contribution in [0.4, 0.5) is 11.4 Å². The molecule has 1 N–H and O–H groups in total. The van der Waals surface area contributed by atoms with Gasteiger partial charge in [-0.2, -0.15) is 0 Å². The summed E-state index contributed by atoms with van der Waals surface area (Å²) in [6.45, 7) is 10.2. The Morgan fingerprint density at radius 1 is 1.06 bits per heavy atom. The van der Waals surface area contributed by atoms with Gasteiger partial charge in [-0.3, -0.25) is 9.59 Å². The Labute approximate surface area is 188 Å². The summed E-state index contributed by atoms with van der Waals surface area (Å²) in [6, 6.07) is 5.95. The van der Waals surface area contributed by atoms with E-state index in [9.17, 15) is 9.59 Å². The first kappa shape index (κ1) is 23.6. The molecule has 2 aliphatic rings. The van der Waals surface area contributed by atoms with Crippen LogP contribution in [0.2, 0.25) is 0 Å². The molecule has 5 nitrogen and oxygen atoms in total. The van der Waals surface area contributed by atoms with Gasteiger partial charge >= 0.3 is 0 Å². The first-order valence-corrected chi connectivity index (χ1v) is 12.5. The van der Waals surface area contributed by atoms with E-state index in [-0.39, 0.29) is 17.7 Å². The van der Waals surface area contributed by atoms with Gasteiger partial charge < -0.3 is 15.1 Å². The van der Waals surface area contributed by atoms with Crippen LogP contribution < -0.4 is 10.2 Å².